The Morgan fingerprint density at radius 1 is 1.30 bits per heavy atom. The monoisotopic (exact) mass is 339 g/mol. The molecule has 2 rings (SSSR count). The summed E-state index contributed by atoms with van der Waals surface area (Å²) in [4.78, 5) is 14.3. The molecule has 2 amide bonds. The summed E-state index contributed by atoms with van der Waals surface area (Å²) in [5, 5.41) is 15.3. The number of hydrogen-bond donors (Lipinski definition) is 3. The number of amides is 2. The van der Waals surface area contributed by atoms with Gasteiger partial charge in [-0.1, -0.05) is 11.6 Å². The number of rotatable bonds is 5. The van der Waals surface area contributed by atoms with Crippen molar-refractivity contribution in [3.05, 3.63) is 23.2 Å². The normalized spacial score (nSPS) is 15.4. The average molecular weight is 340 g/mol. The van der Waals surface area contributed by atoms with Crippen LogP contribution in [0, 0.1) is 0 Å². The molecule has 0 radical (unpaired) electrons. The molecular weight excluding hydrogens is 314 g/mol. The van der Waals surface area contributed by atoms with Crippen molar-refractivity contribution < 1.29 is 9.90 Å². The van der Waals surface area contributed by atoms with E-state index in [1.165, 1.54) is 19.3 Å². The van der Waals surface area contributed by atoms with Crippen LogP contribution in [0.3, 0.4) is 0 Å². The van der Waals surface area contributed by atoms with Crippen molar-refractivity contribution in [2.24, 2.45) is 0 Å². The first-order chi connectivity index (χ1) is 10.9. The first-order valence-electron chi connectivity index (χ1n) is 8.16. The SMILES string of the molecule is CC(C)(CCO)NC(=O)Nc1ccc(N2CCCCC2)c(Cl)c1. The highest BCUT2D eigenvalue weighted by atomic mass is 35.5. The van der Waals surface area contributed by atoms with Gasteiger partial charge in [0, 0.05) is 30.9 Å². The van der Waals surface area contributed by atoms with E-state index in [9.17, 15) is 4.79 Å². The Morgan fingerprint density at radius 3 is 2.61 bits per heavy atom. The third kappa shape index (κ3) is 5.29. The molecule has 6 heteroatoms. The van der Waals surface area contributed by atoms with Gasteiger partial charge in [0.2, 0.25) is 0 Å². The van der Waals surface area contributed by atoms with E-state index in [1.54, 1.807) is 6.07 Å². The zero-order valence-electron chi connectivity index (χ0n) is 13.9. The molecule has 0 bridgehead atoms. The number of halogens is 1. The molecule has 0 aliphatic carbocycles. The maximum atomic E-state index is 12.0. The Morgan fingerprint density at radius 2 is 2.00 bits per heavy atom. The molecule has 0 spiro atoms. The van der Waals surface area contributed by atoms with Gasteiger partial charge in [-0.05, 0) is 57.7 Å². The molecule has 1 aromatic rings. The summed E-state index contributed by atoms with van der Waals surface area (Å²) in [5.74, 6) is 0. The van der Waals surface area contributed by atoms with Crippen LogP contribution in [0.15, 0.2) is 18.2 Å². The van der Waals surface area contributed by atoms with E-state index >= 15 is 0 Å². The lowest BCUT2D eigenvalue weighted by atomic mass is 10.0. The number of carbonyl (C=O) groups excluding carboxylic acids is 1. The first kappa shape index (κ1) is 17.9. The summed E-state index contributed by atoms with van der Waals surface area (Å²) in [6.45, 7) is 5.83. The molecular formula is C17H26ClN3O2. The predicted molar refractivity (Wildman–Crippen MR) is 95.5 cm³/mol. The smallest absolute Gasteiger partial charge is 0.319 e. The fraction of sp³-hybridized carbons (Fsp3) is 0.588. The van der Waals surface area contributed by atoms with Crippen LogP contribution in [-0.4, -0.2) is 36.4 Å². The summed E-state index contributed by atoms with van der Waals surface area (Å²) < 4.78 is 0. The highest BCUT2D eigenvalue weighted by Crippen LogP contribution is 2.30. The maximum absolute atomic E-state index is 12.0. The van der Waals surface area contributed by atoms with Crippen molar-refractivity contribution in [1.29, 1.82) is 0 Å². The number of nitrogens with zero attached hydrogens (tertiary/aromatic N) is 1. The second-order valence-corrected chi connectivity index (χ2v) is 7.06. The Labute approximate surface area is 143 Å². The molecule has 5 nitrogen and oxygen atoms in total. The lowest BCUT2D eigenvalue weighted by molar-refractivity contribution is 0.218. The molecule has 1 saturated heterocycles. The maximum Gasteiger partial charge on any atom is 0.319 e. The second-order valence-electron chi connectivity index (χ2n) is 6.65. The van der Waals surface area contributed by atoms with Gasteiger partial charge in [0.1, 0.15) is 0 Å². The average Bonchev–Trinajstić information content (AvgIpc) is 2.47. The minimum atomic E-state index is -0.462. The molecule has 0 saturated carbocycles. The Kier molecular flexibility index (Phi) is 6.13. The summed E-state index contributed by atoms with van der Waals surface area (Å²) in [6.07, 6.45) is 4.16. The van der Waals surface area contributed by atoms with Crippen molar-refractivity contribution in [2.75, 3.05) is 29.9 Å². The van der Waals surface area contributed by atoms with Gasteiger partial charge in [0.25, 0.3) is 0 Å². The number of anilines is 2. The topological polar surface area (TPSA) is 64.6 Å². The molecule has 23 heavy (non-hydrogen) atoms. The van der Waals surface area contributed by atoms with Gasteiger partial charge in [0.05, 0.1) is 10.7 Å². The van der Waals surface area contributed by atoms with Crippen LogP contribution >= 0.6 is 11.6 Å². The van der Waals surface area contributed by atoms with Gasteiger partial charge in [-0.15, -0.1) is 0 Å². The second kappa shape index (κ2) is 7.88. The minimum Gasteiger partial charge on any atom is -0.396 e. The van der Waals surface area contributed by atoms with Crippen LogP contribution in [0.4, 0.5) is 16.2 Å². The number of urea groups is 1. The van der Waals surface area contributed by atoms with Crippen molar-refractivity contribution in [1.82, 2.24) is 5.32 Å². The molecule has 128 valence electrons. The zero-order chi connectivity index (χ0) is 16.9. The van der Waals surface area contributed by atoms with E-state index in [1.807, 2.05) is 26.0 Å². The number of benzene rings is 1. The van der Waals surface area contributed by atoms with Crippen LogP contribution < -0.4 is 15.5 Å². The van der Waals surface area contributed by atoms with E-state index in [0.29, 0.717) is 17.1 Å². The number of nitrogens with one attached hydrogen (secondary N) is 2. The van der Waals surface area contributed by atoms with E-state index < -0.39 is 5.54 Å². The summed E-state index contributed by atoms with van der Waals surface area (Å²) in [6, 6.07) is 5.31. The third-order valence-corrected chi connectivity index (χ3v) is 4.39. The van der Waals surface area contributed by atoms with E-state index in [0.717, 1.165) is 18.8 Å². The van der Waals surface area contributed by atoms with Crippen LogP contribution in [0.5, 0.6) is 0 Å². The summed E-state index contributed by atoms with van der Waals surface area (Å²) >= 11 is 6.38. The van der Waals surface area contributed by atoms with Crippen molar-refractivity contribution in [3.63, 3.8) is 0 Å². The molecule has 0 aromatic heterocycles. The lowest BCUT2D eigenvalue weighted by Crippen LogP contribution is -2.46. The highest BCUT2D eigenvalue weighted by Gasteiger charge is 2.20. The van der Waals surface area contributed by atoms with Gasteiger partial charge < -0.3 is 20.6 Å². The summed E-state index contributed by atoms with van der Waals surface area (Å²) in [7, 11) is 0. The minimum absolute atomic E-state index is 0.0314. The largest absolute Gasteiger partial charge is 0.396 e. The third-order valence-electron chi connectivity index (χ3n) is 4.09. The van der Waals surface area contributed by atoms with E-state index in [2.05, 4.69) is 15.5 Å². The van der Waals surface area contributed by atoms with Crippen LogP contribution in [0.25, 0.3) is 0 Å². The molecule has 0 unspecified atom stereocenters. The summed E-state index contributed by atoms with van der Waals surface area (Å²) in [5.41, 5.74) is 1.22. The van der Waals surface area contributed by atoms with Crippen LogP contribution in [0.1, 0.15) is 39.5 Å². The Balaban J connectivity index is 1.98. The molecule has 1 aliphatic rings. The van der Waals surface area contributed by atoms with Crippen LogP contribution in [-0.2, 0) is 0 Å². The highest BCUT2D eigenvalue weighted by molar-refractivity contribution is 6.33. The lowest BCUT2D eigenvalue weighted by Gasteiger charge is -2.30. The number of piperidine rings is 1. The Bertz CT molecular complexity index is 543. The quantitative estimate of drug-likeness (QED) is 0.767. The number of hydrogen-bond acceptors (Lipinski definition) is 3. The van der Waals surface area contributed by atoms with E-state index in [4.69, 9.17) is 16.7 Å². The van der Waals surface area contributed by atoms with Crippen LogP contribution in [0.2, 0.25) is 5.02 Å². The molecule has 0 atom stereocenters. The first-order valence-corrected chi connectivity index (χ1v) is 8.53. The van der Waals surface area contributed by atoms with Gasteiger partial charge >= 0.3 is 6.03 Å². The van der Waals surface area contributed by atoms with Crippen molar-refractivity contribution in [3.8, 4) is 0 Å². The van der Waals surface area contributed by atoms with Crippen molar-refractivity contribution >= 4 is 29.0 Å². The molecule has 1 fully saturated rings. The number of aliphatic hydroxyl groups is 1. The van der Waals surface area contributed by atoms with Gasteiger partial charge in [-0.2, -0.15) is 0 Å². The fourth-order valence-electron chi connectivity index (χ4n) is 2.79. The predicted octanol–water partition coefficient (Wildman–Crippen LogP) is 3.61. The fourth-order valence-corrected chi connectivity index (χ4v) is 3.09. The van der Waals surface area contributed by atoms with Gasteiger partial charge in [-0.3, -0.25) is 0 Å². The molecule has 3 N–H and O–H groups in total. The van der Waals surface area contributed by atoms with Gasteiger partial charge in [-0.25, -0.2) is 4.79 Å². The molecule has 1 aromatic carbocycles. The molecule has 1 aliphatic heterocycles. The molecule has 1 heterocycles. The number of carbonyl (C=O) groups is 1. The zero-order valence-corrected chi connectivity index (χ0v) is 14.6. The number of aliphatic hydroxyl groups excluding tert-OH is 1. The van der Waals surface area contributed by atoms with Gasteiger partial charge in [0.15, 0.2) is 0 Å². The van der Waals surface area contributed by atoms with E-state index in [-0.39, 0.29) is 12.6 Å². The standard InChI is InChI=1S/C17H26ClN3O2/c1-17(2,8-11-22)20-16(23)19-13-6-7-15(14(18)12-13)21-9-4-3-5-10-21/h6-7,12,22H,3-5,8-11H2,1-2H3,(H2,19,20,23). The van der Waals surface area contributed by atoms with Crippen molar-refractivity contribution in [2.45, 2.75) is 45.1 Å². The Hall–Kier alpha value is -1.46.